The molecule has 26 heavy (non-hydrogen) atoms. The van der Waals surface area contributed by atoms with Crippen molar-refractivity contribution >= 4 is 27.5 Å². The maximum Gasteiger partial charge on any atom is 0.291 e. The molecule has 3 heterocycles. The van der Waals surface area contributed by atoms with Crippen LogP contribution in [0.4, 0.5) is 5.69 Å². The van der Waals surface area contributed by atoms with E-state index >= 15 is 0 Å². The molecule has 0 atom stereocenters. The highest BCUT2D eigenvalue weighted by Gasteiger charge is 2.15. The van der Waals surface area contributed by atoms with E-state index < -0.39 is 0 Å². The summed E-state index contributed by atoms with van der Waals surface area (Å²) in [5.41, 5.74) is 2.15. The molecule has 7 nitrogen and oxygen atoms in total. The van der Waals surface area contributed by atoms with Crippen LogP contribution in [0.25, 0.3) is 22.8 Å². The number of halogens is 1. The zero-order valence-electron chi connectivity index (χ0n) is 13.5. The summed E-state index contributed by atoms with van der Waals surface area (Å²) in [6.45, 7) is 1.83. The van der Waals surface area contributed by atoms with E-state index in [4.69, 9.17) is 13.4 Å². The molecule has 0 bridgehead atoms. The van der Waals surface area contributed by atoms with Gasteiger partial charge in [-0.2, -0.15) is 4.98 Å². The van der Waals surface area contributed by atoms with Gasteiger partial charge in [0.25, 0.3) is 11.8 Å². The minimum Gasteiger partial charge on any atom is -0.469 e. The highest BCUT2D eigenvalue weighted by Crippen LogP contribution is 2.26. The second-order valence-electron chi connectivity index (χ2n) is 5.45. The summed E-state index contributed by atoms with van der Waals surface area (Å²) >= 11 is 3.17. The Hall–Kier alpha value is -3.13. The highest BCUT2D eigenvalue weighted by atomic mass is 79.9. The van der Waals surface area contributed by atoms with Crippen molar-refractivity contribution in [2.24, 2.45) is 0 Å². The monoisotopic (exact) mass is 413 g/mol. The summed E-state index contributed by atoms with van der Waals surface area (Å²) in [6.07, 6.45) is 1.57. The predicted octanol–water partition coefficient (Wildman–Crippen LogP) is 4.91. The predicted molar refractivity (Wildman–Crippen MR) is 96.5 cm³/mol. The number of benzene rings is 1. The van der Waals surface area contributed by atoms with Gasteiger partial charge in [-0.25, -0.2) is 0 Å². The minimum atomic E-state index is -0.333. The van der Waals surface area contributed by atoms with Crippen LogP contribution in [-0.2, 0) is 0 Å². The molecule has 8 heteroatoms. The summed E-state index contributed by atoms with van der Waals surface area (Å²) in [7, 11) is 0. The van der Waals surface area contributed by atoms with Crippen LogP contribution in [0.5, 0.6) is 0 Å². The molecule has 3 aromatic heterocycles. The van der Waals surface area contributed by atoms with Gasteiger partial charge in [0.2, 0.25) is 5.82 Å². The number of hydrogen-bond donors (Lipinski definition) is 1. The lowest BCUT2D eigenvalue weighted by atomic mass is 10.2. The highest BCUT2D eigenvalue weighted by molar-refractivity contribution is 9.10. The Kier molecular flexibility index (Phi) is 4.18. The van der Waals surface area contributed by atoms with Crippen LogP contribution in [0.1, 0.15) is 16.3 Å². The normalized spacial score (nSPS) is 10.8. The first-order valence-corrected chi connectivity index (χ1v) is 8.45. The second kappa shape index (κ2) is 6.64. The Morgan fingerprint density at radius 1 is 1.12 bits per heavy atom. The Bertz CT molecular complexity index is 1060. The topological polar surface area (TPSA) is 94.3 Å². The van der Waals surface area contributed by atoms with Gasteiger partial charge < -0.3 is 18.7 Å². The van der Waals surface area contributed by atoms with Gasteiger partial charge in [0, 0.05) is 11.3 Å². The molecular formula is C18H12BrN3O4. The van der Waals surface area contributed by atoms with Crippen molar-refractivity contribution in [3.63, 3.8) is 0 Å². The van der Waals surface area contributed by atoms with E-state index in [9.17, 15) is 4.79 Å². The zero-order chi connectivity index (χ0) is 18.1. The number of carbonyl (C=O) groups excluding carboxylic acids is 1. The van der Waals surface area contributed by atoms with Crippen LogP contribution in [-0.4, -0.2) is 16.0 Å². The number of nitrogens with one attached hydrogen (secondary N) is 1. The van der Waals surface area contributed by atoms with Crippen molar-refractivity contribution in [1.82, 2.24) is 10.1 Å². The molecule has 130 valence electrons. The van der Waals surface area contributed by atoms with Crippen LogP contribution < -0.4 is 5.32 Å². The Balaban J connectivity index is 1.50. The number of amides is 1. The average molecular weight is 414 g/mol. The number of aryl methyl sites for hydroxylation is 1. The van der Waals surface area contributed by atoms with Gasteiger partial charge in [-0.05, 0) is 65.3 Å². The van der Waals surface area contributed by atoms with Crippen LogP contribution in [0, 0.1) is 6.92 Å². The summed E-state index contributed by atoms with van der Waals surface area (Å²) in [5.74, 6) is 1.45. The van der Waals surface area contributed by atoms with Gasteiger partial charge in [0.15, 0.2) is 10.4 Å². The maximum atomic E-state index is 12.1. The number of rotatable bonds is 4. The molecule has 1 aromatic carbocycles. The smallest absolute Gasteiger partial charge is 0.291 e. The molecule has 4 rings (SSSR count). The largest absolute Gasteiger partial charge is 0.469 e. The lowest BCUT2D eigenvalue weighted by Crippen LogP contribution is -2.10. The Labute approximate surface area is 156 Å². The molecule has 0 aliphatic rings. The molecule has 0 unspecified atom stereocenters. The third kappa shape index (κ3) is 3.18. The number of nitrogens with zero attached hydrogens (tertiary/aromatic N) is 2. The number of aromatic nitrogens is 2. The second-order valence-corrected chi connectivity index (χ2v) is 6.23. The lowest BCUT2D eigenvalue weighted by Gasteiger charge is -2.03. The molecule has 0 fully saturated rings. The number of carbonyl (C=O) groups is 1. The standard InChI is InChI=1S/C18H12BrN3O4/c1-10-13(8-9-24-10)18-21-16(22-26-18)11-2-4-12(5-3-11)20-17(23)14-6-7-15(19)25-14/h2-9H,1H3,(H,20,23). The summed E-state index contributed by atoms with van der Waals surface area (Å²) in [4.78, 5) is 16.5. The molecule has 4 aromatic rings. The molecule has 0 radical (unpaired) electrons. The molecular weight excluding hydrogens is 402 g/mol. The van der Waals surface area contributed by atoms with Gasteiger partial charge in [-0.1, -0.05) is 5.16 Å². The van der Waals surface area contributed by atoms with E-state index in [1.807, 2.05) is 6.92 Å². The summed E-state index contributed by atoms with van der Waals surface area (Å²) < 4.78 is 16.3. The fourth-order valence-electron chi connectivity index (χ4n) is 2.39. The zero-order valence-corrected chi connectivity index (χ0v) is 15.1. The average Bonchev–Trinajstić information content (AvgIpc) is 3.36. The van der Waals surface area contributed by atoms with Crippen LogP contribution in [0.3, 0.4) is 0 Å². The van der Waals surface area contributed by atoms with Gasteiger partial charge >= 0.3 is 0 Å². The van der Waals surface area contributed by atoms with Crippen molar-refractivity contribution in [3.05, 3.63) is 64.9 Å². The van der Waals surface area contributed by atoms with E-state index in [0.717, 1.165) is 11.1 Å². The Morgan fingerprint density at radius 2 is 1.92 bits per heavy atom. The van der Waals surface area contributed by atoms with E-state index in [-0.39, 0.29) is 11.7 Å². The maximum absolute atomic E-state index is 12.1. The van der Waals surface area contributed by atoms with Crippen molar-refractivity contribution < 1.29 is 18.2 Å². The van der Waals surface area contributed by atoms with E-state index in [2.05, 4.69) is 31.4 Å². The third-order valence-corrected chi connectivity index (χ3v) is 4.14. The Morgan fingerprint density at radius 3 is 2.58 bits per heavy atom. The van der Waals surface area contributed by atoms with Gasteiger partial charge in [0.1, 0.15) is 5.76 Å². The lowest BCUT2D eigenvalue weighted by molar-refractivity contribution is 0.0995. The first-order chi connectivity index (χ1) is 12.6. The first kappa shape index (κ1) is 16.3. The minimum absolute atomic E-state index is 0.222. The molecule has 0 aliphatic carbocycles. The molecule has 0 aliphatic heterocycles. The van der Waals surface area contributed by atoms with Gasteiger partial charge in [0.05, 0.1) is 11.8 Å². The van der Waals surface area contributed by atoms with Crippen molar-refractivity contribution in [2.75, 3.05) is 5.32 Å². The summed E-state index contributed by atoms with van der Waals surface area (Å²) in [5, 5.41) is 6.74. The molecule has 0 saturated carbocycles. The summed E-state index contributed by atoms with van der Waals surface area (Å²) in [6, 6.07) is 12.1. The molecule has 0 saturated heterocycles. The third-order valence-electron chi connectivity index (χ3n) is 3.71. The van der Waals surface area contributed by atoms with Crippen molar-refractivity contribution in [3.8, 4) is 22.8 Å². The van der Waals surface area contributed by atoms with Crippen molar-refractivity contribution in [1.29, 1.82) is 0 Å². The number of hydrogen-bond acceptors (Lipinski definition) is 6. The first-order valence-electron chi connectivity index (χ1n) is 7.65. The molecule has 0 spiro atoms. The van der Waals surface area contributed by atoms with E-state index in [0.29, 0.717) is 27.8 Å². The van der Waals surface area contributed by atoms with E-state index in [1.165, 1.54) is 0 Å². The van der Waals surface area contributed by atoms with Gasteiger partial charge in [-0.3, -0.25) is 4.79 Å². The number of furan rings is 2. The quantitative estimate of drug-likeness (QED) is 0.510. The van der Waals surface area contributed by atoms with Crippen LogP contribution >= 0.6 is 15.9 Å². The SMILES string of the molecule is Cc1occc1-c1nc(-c2ccc(NC(=O)c3ccc(Br)o3)cc2)no1. The molecule has 1 amide bonds. The number of anilines is 1. The molecule has 1 N–H and O–H groups in total. The van der Waals surface area contributed by atoms with Crippen LogP contribution in [0.2, 0.25) is 0 Å². The van der Waals surface area contributed by atoms with Crippen molar-refractivity contribution in [2.45, 2.75) is 6.92 Å². The van der Waals surface area contributed by atoms with E-state index in [1.54, 1.807) is 48.7 Å². The van der Waals surface area contributed by atoms with Gasteiger partial charge in [-0.15, -0.1) is 0 Å². The fourth-order valence-corrected chi connectivity index (χ4v) is 2.70. The fraction of sp³-hybridized carbons (Fsp3) is 0.0556. The van der Waals surface area contributed by atoms with Crippen LogP contribution in [0.15, 0.2) is 66.8 Å².